The first-order chi connectivity index (χ1) is 10.5. The number of unbranched alkanes of at least 4 members (excludes halogenated alkanes) is 6. The number of allylic oxidation sites excluding steroid dienone is 2. The number of hydrogen-bond donors (Lipinski definition) is 2. The van der Waals surface area contributed by atoms with Crippen molar-refractivity contribution in [3.8, 4) is 0 Å². The first-order valence-electron chi connectivity index (χ1n) is 7.85. The molecule has 0 aliphatic carbocycles. The molecule has 0 radical (unpaired) electrons. The van der Waals surface area contributed by atoms with Crippen LogP contribution in [0.1, 0.15) is 58.8 Å². The lowest BCUT2D eigenvalue weighted by molar-refractivity contribution is -0.139. The summed E-state index contributed by atoms with van der Waals surface area (Å²) in [5.74, 6) is -1.41. The summed E-state index contributed by atoms with van der Waals surface area (Å²) in [6.45, 7) is 3.74. The third-order valence-corrected chi connectivity index (χ3v) is 3.28. The minimum absolute atomic E-state index is 0.174. The molecule has 0 aromatic heterocycles. The van der Waals surface area contributed by atoms with Gasteiger partial charge in [-0.25, -0.2) is 9.59 Å². The number of aliphatic hydroxyl groups excluding tert-OH is 1. The summed E-state index contributed by atoms with van der Waals surface area (Å²) >= 11 is 0. The van der Waals surface area contributed by atoms with Crippen LogP contribution in [0.4, 0.5) is 0 Å². The maximum Gasteiger partial charge on any atom is 0.333 e. The highest BCUT2D eigenvalue weighted by Gasteiger charge is 2.05. The molecule has 0 spiro atoms. The number of carbonyl (C=O) groups is 2. The molecule has 0 saturated heterocycles. The SMILES string of the molecule is CC(=CC=C(C)C(=O)OCCCCCCCCCO)C(=O)O. The fourth-order valence-electron chi connectivity index (χ4n) is 1.77. The molecule has 0 aromatic carbocycles. The Morgan fingerprint density at radius 2 is 1.36 bits per heavy atom. The molecule has 0 atom stereocenters. The molecule has 0 aliphatic rings. The van der Waals surface area contributed by atoms with E-state index >= 15 is 0 Å². The summed E-state index contributed by atoms with van der Waals surface area (Å²) in [4.78, 5) is 22.3. The van der Waals surface area contributed by atoms with Crippen molar-refractivity contribution < 1.29 is 24.5 Å². The smallest absolute Gasteiger partial charge is 0.333 e. The Labute approximate surface area is 132 Å². The zero-order valence-electron chi connectivity index (χ0n) is 13.6. The van der Waals surface area contributed by atoms with Crippen molar-refractivity contribution in [2.24, 2.45) is 0 Å². The molecular formula is C17H28O5. The molecule has 0 unspecified atom stereocenters. The van der Waals surface area contributed by atoms with E-state index in [4.69, 9.17) is 14.9 Å². The fourth-order valence-corrected chi connectivity index (χ4v) is 1.77. The second-order valence-electron chi connectivity index (χ2n) is 5.34. The third kappa shape index (κ3) is 11.1. The van der Waals surface area contributed by atoms with Gasteiger partial charge in [0.15, 0.2) is 0 Å². The van der Waals surface area contributed by atoms with Gasteiger partial charge in [-0.3, -0.25) is 0 Å². The minimum Gasteiger partial charge on any atom is -0.478 e. The maximum absolute atomic E-state index is 11.6. The van der Waals surface area contributed by atoms with Crippen LogP contribution in [0.25, 0.3) is 0 Å². The van der Waals surface area contributed by atoms with Crippen molar-refractivity contribution in [3.63, 3.8) is 0 Å². The monoisotopic (exact) mass is 312 g/mol. The Balaban J connectivity index is 3.75. The molecule has 0 heterocycles. The fraction of sp³-hybridized carbons (Fsp3) is 0.647. The summed E-state index contributed by atoms with van der Waals surface area (Å²) in [5, 5.41) is 17.3. The molecule has 126 valence electrons. The molecule has 0 aliphatic heterocycles. The highest BCUT2D eigenvalue weighted by molar-refractivity contribution is 5.89. The van der Waals surface area contributed by atoms with Crippen molar-refractivity contribution in [2.45, 2.75) is 58.8 Å². The van der Waals surface area contributed by atoms with Gasteiger partial charge in [0.05, 0.1) is 6.61 Å². The van der Waals surface area contributed by atoms with Crippen molar-refractivity contribution in [3.05, 3.63) is 23.3 Å². The molecule has 0 saturated carbocycles. The first kappa shape index (κ1) is 20.4. The summed E-state index contributed by atoms with van der Waals surface area (Å²) in [5.41, 5.74) is 0.568. The van der Waals surface area contributed by atoms with E-state index in [2.05, 4.69) is 0 Å². The van der Waals surface area contributed by atoms with E-state index in [9.17, 15) is 9.59 Å². The van der Waals surface area contributed by atoms with Crippen LogP contribution in [-0.4, -0.2) is 35.4 Å². The van der Waals surface area contributed by atoms with Gasteiger partial charge in [0.25, 0.3) is 0 Å². The van der Waals surface area contributed by atoms with Gasteiger partial charge in [-0.15, -0.1) is 0 Å². The number of aliphatic hydroxyl groups is 1. The van der Waals surface area contributed by atoms with Crippen LogP contribution in [-0.2, 0) is 14.3 Å². The predicted octanol–water partition coefficient (Wildman–Crippen LogP) is 3.23. The van der Waals surface area contributed by atoms with Gasteiger partial charge in [-0.05, 0) is 26.7 Å². The second kappa shape index (κ2) is 13.1. The van der Waals surface area contributed by atoms with Gasteiger partial charge in [-0.1, -0.05) is 44.3 Å². The summed E-state index contributed by atoms with van der Waals surface area (Å²) < 4.78 is 5.12. The zero-order chi connectivity index (χ0) is 16.8. The summed E-state index contributed by atoms with van der Waals surface area (Å²) in [6, 6.07) is 0. The first-order valence-corrected chi connectivity index (χ1v) is 7.85. The van der Waals surface area contributed by atoms with Crippen LogP contribution in [0.15, 0.2) is 23.3 Å². The molecule has 0 amide bonds. The number of esters is 1. The molecule has 0 bridgehead atoms. The predicted molar refractivity (Wildman–Crippen MR) is 85.5 cm³/mol. The molecular weight excluding hydrogens is 284 g/mol. The van der Waals surface area contributed by atoms with Crippen LogP contribution < -0.4 is 0 Å². The number of carbonyl (C=O) groups excluding carboxylic acids is 1. The lowest BCUT2D eigenvalue weighted by Gasteiger charge is -2.05. The number of ether oxygens (including phenoxy) is 1. The Morgan fingerprint density at radius 3 is 1.91 bits per heavy atom. The van der Waals surface area contributed by atoms with E-state index in [0.29, 0.717) is 12.2 Å². The van der Waals surface area contributed by atoms with Crippen molar-refractivity contribution in [1.82, 2.24) is 0 Å². The Bertz CT molecular complexity index is 396. The van der Waals surface area contributed by atoms with Gasteiger partial charge in [0, 0.05) is 17.8 Å². The Hall–Kier alpha value is -1.62. The summed E-state index contributed by atoms with van der Waals surface area (Å²) in [6.07, 6.45) is 10.0. The quantitative estimate of drug-likeness (QED) is 0.250. The number of carboxylic acid groups (broad SMARTS) is 1. The third-order valence-electron chi connectivity index (χ3n) is 3.28. The van der Waals surface area contributed by atoms with Crippen molar-refractivity contribution in [2.75, 3.05) is 13.2 Å². The van der Waals surface area contributed by atoms with Crippen LogP contribution in [0, 0.1) is 0 Å². The lowest BCUT2D eigenvalue weighted by atomic mass is 10.1. The van der Waals surface area contributed by atoms with E-state index in [0.717, 1.165) is 44.9 Å². The normalized spacial score (nSPS) is 12.3. The highest BCUT2D eigenvalue weighted by atomic mass is 16.5. The van der Waals surface area contributed by atoms with Crippen LogP contribution in [0.5, 0.6) is 0 Å². The molecule has 5 heteroatoms. The number of rotatable bonds is 12. The van der Waals surface area contributed by atoms with Gasteiger partial charge < -0.3 is 14.9 Å². The molecule has 0 rings (SSSR count). The van der Waals surface area contributed by atoms with Gasteiger partial charge in [0.2, 0.25) is 0 Å². The van der Waals surface area contributed by atoms with E-state index in [-0.39, 0.29) is 12.2 Å². The maximum atomic E-state index is 11.6. The van der Waals surface area contributed by atoms with E-state index in [1.807, 2.05) is 0 Å². The summed E-state index contributed by atoms with van der Waals surface area (Å²) in [7, 11) is 0. The average Bonchev–Trinajstić information content (AvgIpc) is 2.50. The number of carboxylic acids is 1. The zero-order valence-corrected chi connectivity index (χ0v) is 13.6. The molecule has 5 nitrogen and oxygen atoms in total. The molecule has 0 aromatic rings. The van der Waals surface area contributed by atoms with Gasteiger partial charge in [0.1, 0.15) is 0 Å². The largest absolute Gasteiger partial charge is 0.478 e. The average molecular weight is 312 g/mol. The highest BCUT2D eigenvalue weighted by Crippen LogP contribution is 2.08. The molecule has 2 N–H and O–H groups in total. The van der Waals surface area contributed by atoms with Crippen LogP contribution >= 0.6 is 0 Å². The lowest BCUT2D eigenvalue weighted by Crippen LogP contribution is -2.07. The second-order valence-corrected chi connectivity index (χ2v) is 5.34. The van der Waals surface area contributed by atoms with Crippen molar-refractivity contribution >= 4 is 11.9 Å². The van der Waals surface area contributed by atoms with E-state index < -0.39 is 11.9 Å². The Morgan fingerprint density at radius 1 is 0.864 bits per heavy atom. The van der Waals surface area contributed by atoms with E-state index in [1.165, 1.54) is 19.1 Å². The number of hydrogen-bond acceptors (Lipinski definition) is 4. The minimum atomic E-state index is -1.00. The van der Waals surface area contributed by atoms with E-state index in [1.54, 1.807) is 6.92 Å². The van der Waals surface area contributed by atoms with Gasteiger partial charge in [-0.2, -0.15) is 0 Å². The van der Waals surface area contributed by atoms with Crippen LogP contribution in [0.3, 0.4) is 0 Å². The van der Waals surface area contributed by atoms with Gasteiger partial charge >= 0.3 is 11.9 Å². The Kier molecular flexibility index (Phi) is 12.1. The van der Waals surface area contributed by atoms with Crippen molar-refractivity contribution in [1.29, 1.82) is 0 Å². The molecule has 0 fully saturated rings. The number of aliphatic carboxylic acids is 1. The van der Waals surface area contributed by atoms with Crippen LogP contribution in [0.2, 0.25) is 0 Å². The standard InChI is InChI=1S/C17H28O5/c1-14(16(19)20)10-11-15(2)17(21)22-13-9-7-5-3-4-6-8-12-18/h10-11,18H,3-9,12-13H2,1-2H3,(H,19,20). The molecule has 22 heavy (non-hydrogen) atoms. The topological polar surface area (TPSA) is 83.8 Å².